The van der Waals surface area contributed by atoms with Crippen LogP contribution < -0.4 is 10.2 Å². The molecule has 0 aliphatic carbocycles. The minimum absolute atomic E-state index is 0.0766. The predicted molar refractivity (Wildman–Crippen MR) is 54.7 cm³/mol. The van der Waals surface area contributed by atoms with E-state index in [9.17, 15) is 0 Å². The number of ether oxygens (including phenoxy) is 1. The van der Waals surface area contributed by atoms with Crippen LogP contribution in [0.4, 0.5) is 5.95 Å². The summed E-state index contributed by atoms with van der Waals surface area (Å²) in [5, 5.41) is 6.97. The third-order valence-electron chi connectivity index (χ3n) is 2.40. The number of aromatic nitrogens is 2. The fourth-order valence-electron chi connectivity index (χ4n) is 1.30. The van der Waals surface area contributed by atoms with Crippen molar-refractivity contribution < 1.29 is 9.26 Å². The maximum Gasteiger partial charge on any atom is 0.265 e. The molecule has 84 valence electrons. The topological polar surface area (TPSA) is 63.4 Å². The van der Waals surface area contributed by atoms with Crippen molar-refractivity contribution in [3.05, 3.63) is 5.89 Å². The lowest BCUT2D eigenvalue weighted by Crippen LogP contribution is -2.58. The maximum atomic E-state index is 5.67. The Bertz CT molecular complexity index is 333. The highest BCUT2D eigenvalue weighted by molar-refractivity contribution is 5.23. The molecule has 1 saturated heterocycles. The van der Waals surface area contributed by atoms with Crippen LogP contribution in [0.25, 0.3) is 0 Å². The van der Waals surface area contributed by atoms with E-state index in [2.05, 4.69) is 22.4 Å². The summed E-state index contributed by atoms with van der Waals surface area (Å²) in [5.41, 5.74) is -0.0766. The molecule has 15 heavy (non-hydrogen) atoms. The molecule has 0 atom stereocenters. The molecular formula is C9H16N4O2. The Morgan fingerprint density at radius 3 is 2.73 bits per heavy atom. The van der Waals surface area contributed by atoms with Crippen LogP contribution in [0.5, 0.6) is 0 Å². The van der Waals surface area contributed by atoms with Gasteiger partial charge in [-0.3, -0.25) is 0 Å². The molecule has 1 fully saturated rings. The average Bonchev–Trinajstić information content (AvgIpc) is 2.60. The zero-order valence-electron chi connectivity index (χ0n) is 9.28. The third kappa shape index (κ3) is 2.27. The Morgan fingerprint density at radius 1 is 1.53 bits per heavy atom. The molecule has 6 nitrogen and oxygen atoms in total. The van der Waals surface area contributed by atoms with Crippen molar-refractivity contribution in [1.82, 2.24) is 15.5 Å². The van der Waals surface area contributed by atoms with Gasteiger partial charge in [-0.1, -0.05) is 0 Å². The Hall–Kier alpha value is -1.14. The van der Waals surface area contributed by atoms with Gasteiger partial charge in [0.1, 0.15) is 6.61 Å². The second-order valence-electron chi connectivity index (χ2n) is 4.22. The van der Waals surface area contributed by atoms with Crippen molar-refractivity contribution in [2.45, 2.75) is 19.1 Å². The fourth-order valence-corrected chi connectivity index (χ4v) is 1.30. The summed E-state index contributed by atoms with van der Waals surface area (Å²) in [6.45, 7) is 4.19. The number of nitrogens with zero attached hydrogens (tertiary/aromatic N) is 3. The lowest BCUT2D eigenvalue weighted by molar-refractivity contribution is -0.0841. The number of anilines is 1. The smallest absolute Gasteiger partial charge is 0.265 e. The molecule has 2 rings (SSSR count). The summed E-state index contributed by atoms with van der Waals surface area (Å²) in [6.07, 6.45) is 0. The van der Waals surface area contributed by atoms with Gasteiger partial charge in [-0.05, 0) is 12.1 Å². The minimum atomic E-state index is -0.0766. The summed E-state index contributed by atoms with van der Waals surface area (Å²) < 4.78 is 10.7. The first-order chi connectivity index (χ1) is 7.09. The molecule has 0 bridgehead atoms. The molecule has 0 aromatic carbocycles. The van der Waals surface area contributed by atoms with Crippen molar-refractivity contribution in [3.8, 4) is 0 Å². The SMILES string of the molecule is CN(C)c1noc(COC2(C)CNC2)n1. The number of hydrogen-bond donors (Lipinski definition) is 1. The van der Waals surface area contributed by atoms with E-state index in [0.29, 0.717) is 18.4 Å². The molecule has 1 aliphatic rings. The lowest BCUT2D eigenvalue weighted by atomic mass is 10.0. The van der Waals surface area contributed by atoms with Gasteiger partial charge in [0.2, 0.25) is 0 Å². The van der Waals surface area contributed by atoms with Gasteiger partial charge in [0.15, 0.2) is 0 Å². The van der Waals surface area contributed by atoms with Gasteiger partial charge in [0.25, 0.3) is 11.8 Å². The van der Waals surface area contributed by atoms with Crippen molar-refractivity contribution in [3.63, 3.8) is 0 Å². The highest BCUT2D eigenvalue weighted by atomic mass is 16.5. The van der Waals surface area contributed by atoms with Crippen LogP contribution in [0.2, 0.25) is 0 Å². The molecule has 1 aliphatic heterocycles. The second kappa shape index (κ2) is 3.79. The maximum absolute atomic E-state index is 5.67. The summed E-state index contributed by atoms with van der Waals surface area (Å²) in [4.78, 5) is 5.97. The molecule has 1 aromatic rings. The third-order valence-corrected chi connectivity index (χ3v) is 2.40. The molecule has 0 unspecified atom stereocenters. The van der Waals surface area contributed by atoms with Gasteiger partial charge in [-0.15, -0.1) is 0 Å². The van der Waals surface area contributed by atoms with E-state index in [0.717, 1.165) is 13.1 Å². The highest BCUT2D eigenvalue weighted by Gasteiger charge is 2.32. The molecule has 1 N–H and O–H groups in total. The van der Waals surface area contributed by atoms with Crippen LogP contribution in [-0.4, -0.2) is 42.9 Å². The van der Waals surface area contributed by atoms with E-state index < -0.39 is 0 Å². The normalized spacial score (nSPS) is 18.6. The quantitative estimate of drug-likeness (QED) is 0.758. The summed E-state index contributed by atoms with van der Waals surface area (Å²) in [7, 11) is 3.74. The van der Waals surface area contributed by atoms with E-state index in [1.54, 1.807) is 4.90 Å². The van der Waals surface area contributed by atoms with Gasteiger partial charge in [0, 0.05) is 27.2 Å². The molecule has 0 spiro atoms. The molecule has 0 radical (unpaired) electrons. The second-order valence-corrected chi connectivity index (χ2v) is 4.22. The van der Waals surface area contributed by atoms with Crippen molar-refractivity contribution in [1.29, 1.82) is 0 Å². The van der Waals surface area contributed by atoms with Crippen molar-refractivity contribution in [2.24, 2.45) is 0 Å². The number of rotatable bonds is 4. The molecule has 0 amide bonds. The van der Waals surface area contributed by atoms with E-state index in [-0.39, 0.29) is 5.60 Å². The van der Waals surface area contributed by atoms with Crippen LogP contribution in [-0.2, 0) is 11.3 Å². The van der Waals surface area contributed by atoms with Crippen LogP contribution in [0.15, 0.2) is 4.52 Å². The van der Waals surface area contributed by atoms with Gasteiger partial charge in [-0.25, -0.2) is 0 Å². The van der Waals surface area contributed by atoms with Gasteiger partial charge < -0.3 is 19.5 Å². The molecule has 0 saturated carbocycles. The average molecular weight is 212 g/mol. The van der Waals surface area contributed by atoms with E-state index in [1.807, 2.05) is 14.1 Å². The molecule has 6 heteroatoms. The van der Waals surface area contributed by atoms with Crippen LogP contribution in [0, 0.1) is 0 Å². The highest BCUT2D eigenvalue weighted by Crippen LogP contribution is 2.17. The van der Waals surface area contributed by atoms with Crippen molar-refractivity contribution >= 4 is 5.95 Å². The van der Waals surface area contributed by atoms with E-state index >= 15 is 0 Å². The Balaban J connectivity index is 1.88. The first-order valence-corrected chi connectivity index (χ1v) is 4.94. The fraction of sp³-hybridized carbons (Fsp3) is 0.778. The number of nitrogens with one attached hydrogen (secondary N) is 1. The monoisotopic (exact) mass is 212 g/mol. The zero-order chi connectivity index (χ0) is 10.9. The first-order valence-electron chi connectivity index (χ1n) is 4.94. The lowest BCUT2D eigenvalue weighted by Gasteiger charge is -2.38. The van der Waals surface area contributed by atoms with Crippen LogP contribution in [0.3, 0.4) is 0 Å². The zero-order valence-corrected chi connectivity index (χ0v) is 9.28. The summed E-state index contributed by atoms with van der Waals surface area (Å²) in [5.74, 6) is 1.09. The molecule has 1 aromatic heterocycles. The molecule has 2 heterocycles. The Labute approximate surface area is 88.6 Å². The van der Waals surface area contributed by atoms with Gasteiger partial charge >= 0.3 is 0 Å². The summed E-state index contributed by atoms with van der Waals surface area (Å²) >= 11 is 0. The molecular weight excluding hydrogens is 196 g/mol. The van der Waals surface area contributed by atoms with Crippen LogP contribution >= 0.6 is 0 Å². The Morgan fingerprint density at radius 2 is 2.27 bits per heavy atom. The van der Waals surface area contributed by atoms with Gasteiger partial charge in [-0.2, -0.15) is 4.98 Å². The van der Waals surface area contributed by atoms with E-state index in [4.69, 9.17) is 9.26 Å². The van der Waals surface area contributed by atoms with Crippen molar-refractivity contribution in [2.75, 3.05) is 32.1 Å². The first kappa shape index (κ1) is 10.4. The van der Waals surface area contributed by atoms with Crippen LogP contribution in [0.1, 0.15) is 12.8 Å². The predicted octanol–water partition coefficient (Wildman–Crippen LogP) is 0.0141. The summed E-state index contributed by atoms with van der Waals surface area (Å²) in [6, 6.07) is 0. The largest absolute Gasteiger partial charge is 0.363 e. The van der Waals surface area contributed by atoms with Gasteiger partial charge in [0.05, 0.1) is 5.60 Å². The minimum Gasteiger partial charge on any atom is -0.363 e. The standard InChI is InChI=1S/C9H16N4O2/c1-9(5-10-6-9)14-4-7-11-8(12-15-7)13(2)3/h10H,4-6H2,1-3H3. The number of hydrogen-bond acceptors (Lipinski definition) is 6. The van der Waals surface area contributed by atoms with E-state index in [1.165, 1.54) is 0 Å². The Kier molecular flexibility index (Phi) is 2.62.